The summed E-state index contributed by atoms with van der Waals surface area (Å²) in [7, 11) is 0. The largest absolute Gasteiger partial charge is 0.481 e. The predicted molar refractivity (Wildman–Crippen MR) is 93.5 cm³/mol. The molecule has 0 saturated carbocycles. The summed E-state index contributed by atoms with van der Waals surface area (Å²) in [6.07, 6.45) is 7.77. The minimum Gasteiger partial charge on any atom is -0.481 e. The van der Waals surface area contributed by atoms with Crippen LogP contribution in [0.3, 0.4) is 0 Å². The molecule has 3 rings (SSSR count). The van der Waals surface area contributed by atoms with Gasteiger partial charge in [0, 0.05) is 29.6 Å². The molecule has 1 aromatic carbocycles. The molecule has 1 unspecified atom stereocenters. The van der Waals surface area contributed by atoms with Crippen LogP contribution in [0.25, 0.3) is 0 Å². The highest BCUT2D eigenvalue weighted by molar-refractivity contribution is 6.33. The zero-order valence-corrected chi connectivity index (χ0v) is 14.0. The van der Waals surface area contributed by atoms with E-state index in [9.17, 15) is 9.59 Å². The predicted octanol–water partition coefficient (Wildman–Crippen LogP) is 3.52. The molecule has 1 heterocycles. The number of benzene rings is 1. The highest BCUT2D eigenvalue weighted by Crippen LogP contribution is 2.39. The first-order chi connectivity index (χ1) is 12.1. The van der Waals surface area contributed by atoms with E-state index in [2.05, 4.69) is 0 Å². The number of aliphatic carboxylic acids is 1. The SMILES string of the molecule is O=C(O)CCN1C=COC(C2=C(Cl)C=CC(=O)C2c2ccccc2)=C1. The van der Waals surface area contributed by atoms with Crippen molar-refractivity contribution < 1.29 is 19.4 Å². The van der Waals surface area contributed by atoms with Crippen LogP contribution >= 0.6 is 11.6 Å². The van der Waals surface area contributed by atoms with Gasteiger partial charge < -0.3 is 14.7 Å². The molecule has 0 bridgehead atoms. The van der Waals surface area contributed by atoms with Gasteiger partial charge in [0.05, 0.1) is 12.3 Å². The van der Waals surface area contributed by atoms with E-state index < -0.39 is 11.9 Å². The van der Waals surface area contributed by atoms with E-state index in [0.717, 1.165) is 5.56 Å². The normalized spacial score (nSPS) is 19.7. The molecule has 1 atom stereocenters. The Kier molecular flexibility index (Phi) is 5.05. The first-order valence-electron chi connectivity index (χ1n) is 7.76. The van der Waals surface area contributed by atoms with E-state index in [1.165, 1.54) is 12.3 Å². The number of carbonyl (C=O) groups excluding carboxylic acids is 1. The summed E-state index contributed by atoms with van der Waals surface area (Å²) < 4.78 is 5.59. The Bertz CT molecular complexity index is 808. The maximum absolute atomic E-state index is 12.5. The quantitative estimate of drug-likeness (QED) is 0.873. The molecule has 25 heavy (non-hydrogen) atoms. The number of ether oxygens (including phenoxy) is 1. The molecule has 0 radical (unpaired) electrons. The van der Waals surface area contributed by atoms with Crippen LogP contribution in [0, 0.1) is 0 Å². The lowest BCUT2D eigenvalue weighted by Crippen LogP contribution is -2.23. The van der Waals surface area contributed by atoms with Crippen LogP contribution in [0.2, 0.25) is 0 Å². The molecular weight excluding hydrogens is 342 g/mol. The van der Waals surface area contributed by atoms with Gasteiger partial charge in [-0.1, -0.05) is 41.9 Å². The maximum Gasteiger partial charge on any atom is 0.305 e. The molecule has 6 heteroatoms. The van der Waals surface area contributed by atoms with Crippen molar-refractivity contribution >= 4 is 23.4 Å². The van der Waals surface area contributed by atoms with Crippen LogP contribution in [-0.4, -0.2) is 28.3 Å². The topological polar surface area (TPSA) is 66.8 Å². The maximum atomic E-state index is 12.5. The lowest BCUT2D eigenvalue weighted by atomic mass is 9.83. The number of hydrogen-bond acceptors (Lipinski definition) is 4. The fourth-order valence-electron chi connectivity index (χ4n) is 2.76. The molecule has 1 aliphatic carbocycles. The number of hydrogen-bond donors (Lipinski definition) is 1. The minimum absolute atomic E-state index is 0.0121. The summed E-state index contributed by atoms with van der Waals surface area (Å²) in [5.41, 5.74) is 1.39. The summed E-state index contributed by atoms with van der Waals surface area (Å²) in [6, 6.07) is 9.34. The van der Waals surface area contributed by atoms with Gasteiger partial charge >= 0.3 is 5.97 Å². The molecule has 5 nitrogen and oxygen atoms in total. The Morgan fingerprint density at radius 3 is 2.72 bits per heavy atom. The number of nitrogens with zero attached hydrogens (tertiary/aromatic N) is 1. The number of allylic oxidation sites excluding steroid dienone is 4. The van der Waals surface area contributed by atoms with Crippen molar-refractivity contribution in [1.82, 2.24) is 4.90 Å². The summed E-state index contributed by atoms with van der Waals surface area (Å²) in [5, 5.41) is 9.26. The fraction of sp³-hybridized carbons (Fsp3) is 0.158. The lowest BCUT2D eigenvalue weighted by molar-refractivity contribution is -0.137. The van der Waals surface area contributed by atoms with E-state index in [-0.39, 0.29) is 12.2 Å². The van der Waals surface area contributed by atoms with Gasteiger partial charge in [0.1, 0.15) is 12.0 Å². The minimum atomic E-state index is -0.884. The van der Waals surface area contributed by atoms with Gasteiger partial charge in [-0.15, -0.1) is 0 Å². The standard InChI is InChI=1S/C19H16ClNO4/c20-14-6-7-15(22)18(13-4-2-1-3-5-13)19(14)16-12-21(10-11-25-16)9-8-17(23)24/h1-7,10-12,18H,8-9H2,(H,23,24). The Morgan fingerprint density at radius 1 is 1.24 bits per heavy atom. The van der Waals surface area contributed by atoms with Crippen LogP contribution in [0.15, 0.2) is 77.5 Å². The van der Waals surface area contributed by atoms with Crippen molar-refractivity contribution in [3.05, 3.63) is 83.1 Å². The third-order valence-electron chi connectivity index (χ3n) is 3.94. The molecule has 1 aromatic rings. The third-order valence-corrected chi connectivity index (χ3v) is 4.27. The molecule has 0 fully saturated rings. The second-order valence-electron chi connectivity index (χ2n) is 5.62. The average Bonchev–Trinajstić information content (AvgIpc) is 2.62. The molecule has 0 amide bonds. The molecule has 0 saturated heterocycles. The summed E-state index contributed by atoms with van der Waals surface area (Å²) in [6.45, 7) is 0.295. The molecule has 1 N–H and O–H groups in total. The van der Waals surface area contributed by atoms with Gasteiger partial charge in [0.15, 0.2) is 5.78 Å². The number of carbonyl (C=O) groups is 2. The summed E-state index contributed by atoms with van der Waals surface area (Å²) in [5.74, 6) is -1.09. The van der Waals surface area contributed by atoms with Crippen molar-refractivity contribution in [2.24, 2.45) is 0 Å². The monoisotopic (exact) mass is 357 g/mol. The van der Waals surface area contributed by atoms with Crippen molar-refractivity contribution in [2.75, 3.05) is 6.54 Å². The van der Waals surface area contributed by atoms with Crippen LogP contribution in [-0.2, 0) is 14.3 Å². The van der Waals surface area contributed by atoms with Gasteiger partial charge in [-0.25, -0.2) is 0 Å². The highest BCUT2D eigenvalue weighted by atomic mass is 35.5. The van der Waals surface area contributed by atoms with Crippen LogP contribution in [0.5, 0.6) is 0 Å². The van der Waals surface area contributed by atoms with Crippen LogP contribution in [0.1, 0.15) is 17.9 Å². The zero-order valence-electron chi connectivity index (χ0n) is 13.3. The van der Waals surface area contributed by atoms with Gasteiger partial charge in [0.25, 0.3) is 0 Å². The second kappa shape index (κ2) is 7.40. The molecule has 2 aliphatic rings. The van der Waals surface area contributed by atoms with Gasteiger partial charge in [0.2, 0.25) is 0 Å². The van der Waals surface area contributed by atoms with E-state index in [1.807, 2.05) is 30.3 Å². The van der Waals surface area contributed by atoms with Crippen LogP contribution < -0.4 is 0 Å². The van der Waals surface area contributed by atoms with Gasteiger partial charge in [-0.05, 0) is 17.7 Å². The fourth-order valence-corrected chi connectivity index (χ4v) is 3.03. The smallest absolute Gasteiger partial charge is 0.305 e. The highest BCUT2D eigenvalue weighted by Gasteiger charge is 2.32. The Hall–Kier alpha value is -2.79. The molecule has 128 valence electrons. The van der Waals surface area contributed by atoms with E-state index in [4.69, 9.17) is 21.4 Å². The summed E-state index contributed by atoms with van der Waals surface area (Å²) in [4.78, 5) is 25.0. The first kappa shape index (κ1) is 17.0. The Morgan fingerprint density at radius 2 is 2.00 bits per heavy atom. The van der Waals surface area contributed by atoms with Gasteiger partial charge in [-0.3, -0.25) is 9.59 Å². The zero-order chi connectivity index (χ0) is 17.8. The first-order valence-corrected chi connectivity index (χ1v) is 8.13. The summed E-state index contributed by atoms with van der Waals surface area (Å²) >= 11 is 6.38. The third kappa shape index (κ3) is 3.83. The average molecular weight is 358 g/mol. The number of ketones is 1. The van der Waals surface area contributed by atoms with Crippen molar-refractivity contribution in [3.8, 4) is 0 Å². The van der Waals surface area contributed by atoms with Crippen molar-refractivity contribution in [2.45, 2.75) is 12.3 Å². The number of rotatable bonds is 5. The molecule has 0 aromatic heterocycles. The van der Waals surface area contributed by atoms with Crippen molar-refractivity contribution in [1.29, 1.82) is 0 Å². The molecule has 1 aliphatic heterocycles. The van der Waals surface area contributed by atoms with E-state index in [1.54, 1.807) is 23.4 Å². The Labute approximate surface area is 150 Å². The number of carboxylic acid groups (broad SMARTS) is 1. The van der Waals surface area contributed by atoms with Crippen LogP contribution in [0.4, 0.5) is 0 Å². The number of halogens is 1. The van der Waals surface area contributed by atoms with Crippen molar-refractivity contribution in [3.63, 3.8) is 0 Å². The lowest BCUT2D eigenvalue weighted by Gasteiger charge is -2.27. The second-order valence-corrected chi connectivity index (χ2v) is 6.03. The molecular formula is C19H16ClNO4. The van der Waals surface area contributed by atoms with E-state index in [0.29, 0.717) is 22.9 Å². The number of carboxylic acids is 1. The van der Waals surface area contributed by atoms with Gasteiger partial charge in [-0.2, -0.15) is 0 Å². The Balaban J connectivity index is 1.95. The molecule has 0 spiro atoms. The van der Waals surface area contributed by atoms with E-state index >= 15 is 0 Å².